The first kappa shape index (κ1) is 15.5. The Kier molecular flexibility index (Phi) is 5.78. The zero-order valence-corrected chi connectivity index (χ0v) is 12.7. The van der Waals surface area contributed by atoms with E-state index in [-0.39, 0.29) is 17.9 Å². The molecule has 0 saturated carbocycles. The minimum absolute atomic E-state index is 0.0298. The van der Waals surface area contributed by atoms with E-state index in [0.29, 0.717) is 19.4 Å². The van der Waals surface area contributed by atoms with Crippen LogP contribution >= 0.6 is 0 Å². The summed E-state index contributed by atoms with van der Waals surface area (Å²) in [5.41, 5.74) is 2.60. The number of hydrogen-bond donors (Lipinski definition) is 2. The van der Waals surface area contributed by atoms with Crippen molar-refractivity contribution in [1.29, 1.82) is 0 Å². The summed E-state index contributed by atoms with van der Waals surface area (Å²) in [7, 11) is 0. The van der Waals surface area contributed by atoms with Crippen LogP contribution in [0.5, 0.6) is 0 Å². The molecule has 21 heavy (non-hydrogen) atoms. The molecule has 0 aliphatic carbocycles. The van der Waals surface area contributed by atoms with Gasteiger partial charge in [-0.1, -0.05) is 37.6 Å². The Bertz CT molecular complexity index is 482. The number of hydrogen-bond acceptors (Lipinski definition) is 2. The summed E-state index contributed by atoms with van der Waals surface area (Å²) in [6, 6.07) is 8.27. The second-order valence-electron chi connectivity index (χ2n) is 5.62. The number of carbonyl (C=O) groups is 2. The van der Waals surface area contributed by atoms with Crippen LogP contribution in [0.1, 0.15) is 43.7 Å². The second kappa shape index (κ2) is 7.81. The van der Waals surface area contributed by atoms with E-state index in [1.165, 1.54) is 24.0 Å². The maximum absolute atomic E-state index is 11.8. The minimum Gasteiger partial charge on any atom is -0.354 e. The highest BCUT2D eigenvalue weighted by molar-refractivity contribution is 5.90. The van der Waals surface area contributed by atoms with Crippen molar-refractivity contribution in [3.8, 4) is 0 Å². The van der Waals surface area contributed by atoms with Crippen LogP contribution in [-0.2, 0) is 22.4 Å². The van der Waals surface area contributed by atoms with E-state index in [4.69, 9.17) is 0 Å². The number of unbranched alkanes of at least 4 members (excludes halogenated alkanes) is 1. The molecule has 2 rings (SSSR count). The highest BCUT2D eigenvalue weighted by Crippen LogP contribution is 2.09. The Labute approximate surface area is 126 Å². The van der Waals surface area contributed by atoms with E-state index in [0.717, 1.165) is 12.8 Å². The van der Waals surface area contributed by atoms with Gasteiger partial charge in [0, 0.05) is 13.0 Å². The molecule has 1 saturated heterocycles. The fraction of sp³-hybridized carbons (Fsp3) is 0.529. The zero-order valence-electron chi connectivity index (χ0n) is 12.7. The van der Waals surface area contributed by atoms with Crippen molar-refractivity contribution in [2.75, 3.05) is 6.54 Å². The van der Waals surface area contributed by atoms with Crippen molar-refractivity contribution in [2.24, 2.45) is 0 Å². The van der Waals surface area contributed by atoms with Gasteiger partial charge in [-0.15, -0.1) is 0 Å². The Hall–Kier alpha value is -1.84. The topological polar surface area (TPSA) is 58.2 Å². The molecule has 2 amide bonds. The lowest BCUT2D eigenvalue weighted by Crippen LogP contribution is -2.42. The second-order valence-corrected chi connectivity index (χ2v) is 5.62. The summed E-state index contributed by atoms with van der Waals surface area (Å²) in [5, 5.41) is 5.57. The molecule has 1 aliphatic rings. The quantitative estimate of drug-likeness (QED) is 0.806. The molecule has 2 N–H and O–H groups in total. The molecule has 1 atom stereocenters. The third-order valence-corrected chi connectivity index (χ3v) is 3.87. The first-order valence-corrected chi connectivity index (χ1v) is 7.84. The lowest BCUT2D eigenvalue weighted by atomic mass is 10.0. The van der Waals surface area contributed by atoms with Crippen molar-refractivity contribution >= 4 is 11.8 Å². The normalized spacial score (nSPS) is 17.6. The van der Waals surface area contributed by atoms with Gasteiger partial charge >= 0.3 is 0 Å². The van der Waals surface area contributed by atoms with Crippen molar-refractivity contribution in [3.63, 3.8) is 0 Å². The van der Waals surface area contributed by atoms with Gasteiger partial charge in [-0.25, -0.2) is 0 Å². The van der Waals surface area contributed by atoms with Gasteiger partial charge in [-0.05, 0) is 36.8 Å². The molecule has 0 bridgehead atoms. The minimum atomic E-state index is -0.339. The summed E-state index contributed by atoms with van der Waals surface area (Å²) in [5.74, 6) is -0.0989. The lowest BCUT2D eigenvalue weighted by Gasteiger charge is -2.11. The van der Waals surface area contributed by atoms with E-state index in [2.05, 4.69) is 41.8 Å². The van der Waals surface area contributed by atoms with Crippen LogP contribution in [0.2, 0.25) is 0 Å². The number of carbonyl (C=O) groups excluding carboxylic acids is 2. The molecule has 1 aromatic rings. The monoisotopic (exact) mass is 288 g/mol. The summed E-state index contributed by atoms with van der Waals surface area (Å²) in [6.45, 7) is 2.81. The Morgan fingerprint density at radius 2 is 1.90 bits per heavy atom. The van der Waals surface area contributed by atoms with Crippen molar-refractivity contribution in [3.05, 3.63) is 35.4 Å². The van der Waals surface area contributed by atoms with Crippen LogP contribution in [0.4, 0.5) is 0 Å². The van der Waals surface area contributed by atoms with Gasteiger partial charge in [-0.3, -0.25) is 9.59 Å². The highest BCUT2D eigenvalue weighted by Gasteiger charge is 2.26. The number of amides is 2. The maximum Gasteiger partial charge on any atom is 0.242 e. The van der Waals surface area contributed by atoms with E-state index >= 15 is 0 Å². The third-order valence-electron chi connectivity index (χ3n) is 3.87. The standard InChI is InChI=1S/C17H24N2O2/c1-2-3-4-13-5-7-14(8-6-13)11-12-18-17(21)15-9-10-16(20)19-15/h5-8,15H,2-4,9-12H2,1H3,(H,18,21)(H,19,20). The van der Waals surface area contributed by atoms with Crippen LogP contribution < -0.4 is 10.6 Å². The van der Waals surface area contributed by atoms with E-state index in [1.807, 2.05) is 0 Å². The summed E-state index contributed by atoms with van der Waals surface area (Å²) in [6.07, 6.45) is 5.46. The van der Waals surface area contributed by atoms with E-state index in [1.54, 1.807) is 0 Å². The van der Waals surface area contributed by atoms with Gasteiger partial charge in [0.2, 0.25) is 11.8 Å². The van der Waals surface area contributed by atoms with Gasteiger partial charge in [0.05, 0.1) is 0 Å². The molecule has 4 heteroatoms. The van der Waals surface area contributed by atoms with Crippen LogP contribution in [-0.4, -0.2) is 24.4 Å². The van der Waals surface area contributed by atoms with Crippen LogP contribution in [0, 0.1) is 0 Å². The van der Waals surface area contributed by atoms with Crippen LogP contribution in [0.3, 0.4) is 0 Å². The molecule has 1 unspecified atom stereocenters. The van der Waals surface area contributed by atoms with Crippen LogP contribution in [0.15, 0.2) is 24.3 Å². The molecular formula is C17H24N2O2. The molecule has 0 spiro atoms. The first-order valence-electron chi connectivity index (χ1n) is 7.84. The van der Waals surface area contributed by atoms with Crippen molar-refractivity contribution in [2.45, 2.75) is 51.5 Å². The number of aryl methyl sites for hydroxylation is 1. The summed E-state index contributed by atoms with van der Waals surface area (Å²) in [4.78, 5) is 22.9. The predicted molar refractivity (Wildman–Crippen MR) is 82.9 cm³/mol. The Morgan fingerprint density at radius 1 is 1.24 bits per heavy atom. The predicted octanol–water partition coefficient (Wildman–Crippen LogP) is 1.97. The molecule has 1 aromatic carbocycles. The van der Waals surface area contributed by atoms with Crippen LogP contribution in [0.25, 0.3) is 0 Å². The fourth-order valence-electron chi connectivity index (χ4n) is 2.52. The van der Waals surface area contributed by atoms with Gasteiger partial charge in [0.1, 0.15) is 6.04 Å². The van der Waals surface area contributed by atoms with Crippen molar-refractivity contribution in [1.82, 2.24) is 10.6 Å². The number of nitrogens with one attached hydrogen (secondary N) is 2. The van der Waals surface area contributed by atoms with Crippen molar-refractivity contribution < 1.29 is 9.59 Å². The first-order chi connectivity index (χ1) is 10.2. The fourth-order valence-corrected chi connectivity index (χ4v) is 2.52. The highest BCUT2D eigenvalue weighted by atomic mass is 16.2. The molecule has 114 valence electrons. The smallest absolute Gasteiger partial charge is 0.242 e. The number of benzene rings is 1. The number of rotatable bonds is 7. The Morgan fingerprint density at radius 3 is 2.48 bits per heavy atom. The van der Waals surface area contributed by atoms with Gasteiger partial charge < -0.3 is 10.6 Å². The van der Waals surface area contributed by atoms with Gasteiger partial charge in [-0.2, -0.15) is 0 Å². The Balaban J connectivity index is 1.70. The van der Waals surface area contributed by atoms with Gasteiger partial charge in [0.15, 0.2) is 0 Å². The average Bonchev–Trinajstić information content (AvgIpc) is 2.93. The van der Waals surface area contributed by atoms with E-state index < -0.39 is 0 Å². The largest absolute Gasteiger partial charge is 0.354 e. The third kappa shape index (κ3) is 4.88. The van der Waals surface area contributed by atoms with E-state index in [9.17, 15) is 9.59 Å². The summed E-state index contributed by atoms with van der Waals surface area (Å²) < 4.78 is 0. The maximum atomic E-state index is 11.8. The molecule has 1 aliphatic heterocycles. The van der Waals surface area contributed by atoms with Gasteiger partial charge in [0.25, 0.3) is 0 Å². The molecule has 0 aromatic heterocycles. The lowest BCUT2D eigenvalue weighted by molar-refractivity contribution is -0.125. The average molecular weight is 288 g/mol. The molecular weight excluding hydrogens is 264 g/mol. The summed E-state index contributed by atoms with van der Waals surface area (Å²) >= 11 is 0. The molecule has 0 radical (unpaired) electrons. The molecule has 4 nitrogen and oxygen atoms in total. The molecule has 1 fully saturated rings. The SMILES string of the molecule is CCCCc1ccc(CCNC(=O)C2CCC(=O)N2)cc1. The zero-order chi connectivity index (χ0) is 15.1. The molecule has 1 heterocycles.